The van der Waals surface area contributed by atoms with Crippen molar-refractivity contribution in [3.05, 3.63) is 29.3 Å². The van der Waals surface area contributed by atoms with Gasteiger partial charge in [0, 0.05) is 11.2 Å². The second-order valence-corrected chi connectivity index (χ2v) is 5.59. The summed E-state index contributed by atoms with van der Waals surface area (Å²) in [5, 5.41) is 2.66. The van der Waals surface area contributed by atoms with Crippen LogP contribution in [0.1, 0.15) is 33.6 Å². The van der Waals surface area contributed by atoms with Crippen LogP contribution in [0.5, 0.6) is 5.75 Å². The van der Waals surface area contributed by atoms with Crippen LogP contribution in [0.15, 0.2) is 18.2 Å². The fraction of sp³-hybridized carbons (Fsp3) is 0.462. The highest BCUT2D eigenvalue weighted by Crippen LogP contribution is 2.35. The minimum Gasteiger partial charge on any atom is -0.491 e. The van der Waals surface area contributed by atoms with Crippen LogP contribution in [-0.2, 0) is 0 Å². The summed E-state index contributed by atoms with van der Waals surface area (Å²) in [7, 11) is 0. The van der Waals surface area contributed by atoms with Gasteiger partial charge in [-0.15, -0.1) is 0 Å². The SMILES string of the molecule is O=C1NCCOc2ccc(C(Br)CCC(F)(F)F)cc21. The predicted octanol–water partition coefficient (Wildman–Crippen LogP) is 3.59. The van der Waals surface area contributed by atoms with E-state index in [4.69, 9.17) is 4.74 Å². The van der Waals surface area contributed by atoms with E-state index < -0.39 is 17.4 Å². The summed E-state index contributed by atoms with van der Waals surface area (Å²) in [6.45, 7) is 0.790. The number of hydrogen-bond donors (Lipinski definition) is 1. The number of rotatable bonds is 3. The van der Waals surface area contributed by atoms with Gasteiger partial charge in [0.05, 0.1) is 12.1 Å². The van der Waals surface area contributed by atoms with Crippen LogP contribution in [-0.4, -0.2) is 25.2 Å². The monoisotopic (exact) mass is 351 g/mol. The molecule has 1 N–H and O–H groups in total. The third-order valence-electron chi connectivity index (χ3n) is 2.94. The molecule has 1 heterocycles. The number of carbonyl (C=O) groups is 1. The van der Waals surface area contributed by atoms with Gasteiger partial charge in [0.15, 0.2) is 0 Å². The van der Waals surface area contributed by atoms with Gasteiger partial charge >= 0.3 is 6.18 Å². The van der Waals surface area contributed by atoms with E-state index in [0.29, 0.717) is 30.0 Å². The molecule has 1 aliphatic rings. The van der Waals surface area contributed by atoms with Crippen molar-refractivity contribution in [3.8, 4) is 5.75 Å². The number of alkyl halides is 4. The minimum atomic E-state index is -4.18. The Morgan fingerprint density at radius 3 is 2.85 bits per heavy atom. The molecule has 1 atom stereocenters. The molecule has 1 aromatic carbocycles. The van der Waals surface area contributed by atoms with E-state index in [0.717, 1.165) is 0 Å². The molecule has 1 amide bonds. The average Bonchev–Trinajstić information content (AvgIpc) is 2.57. The molecule has 2 rings (SSSR count). The molecule has 0 bridgehead atoms. The number of carbonyl (C=O) groups excluding carboxylic acids is 1. The second kappa shape index (κ2) is 6.03. The molecular formula is C13H13BrF3NO2. The maximum absolute atomic E-state index is 12.2. The van der Waals surface area contributed by atoms with Crippen LogP contribution in [0.2, 0.25) is 0 Å². The van der Waals surface area contributed by atoms with Crippen molar-refractivity contribution in [1.82, 2.24) is 5.32 Å². The average molecular weight is 352 g/mol. The fourth-order valence-corrected chi connectivity index (χ4v) is 2.44. The molecule has 110 valence electrons. The topological polar surface area (TPSA) is 38.3 Å². The molecule has 1 aromatic rings. The molecule has 1 unspecified atom stereocenters. The van der Waals surface area contributed by atoms with Gasteiger partial charge in [-0.2, -0.15) is 13.2 Å². The lowest BCUT2D eigenvalue weighted by Crippen LogP contribution is -2.24. The van der Waals surface area contributed by atoms with E-state index in [2.05, 4.69) is 21.2 Å². The van der Waals surface area contributed by atoms with Gasteiger partial charge in [-0.25, -0.2) is 0 Å². The Morgan fingerprint density at radius 2 is 2.15 bits per heavy atom. The van der Waals surface area contributed by atoms with Crippen molar-refractivity contribution in [3.63, 3.8) is 0 Å². The molecule has 0 aliphatic carbocycles. The molecule has 20 heavy (non-hydrogen) atoms. The Labute approximate surface area is 122 Å². The number of halogens is 4. The lowest BCUT2D eigenvalue weighted by molar-refractivity contribution is -0.135. The third kappa shape index (κ3) is 3.88. The maximum atomic E-state index is 12.2. The van der Waals surface area contributed by atoms with Crippen LogP contribution in [0.3, 0.4) is 0 Å². The molecule has 0 saturated carbocycles. The van der Waals surface area contributed by atoms with Crippen molar-refractivity contribution in [1.29, 1.82) is 0 Å². The van der Waals surface area contributed by atoms with Crippen molar-refractivity contribution in [2.24, 2.45) is 0 Å². The molecule has 3 nitrogen and oxygen atoms in total. The summed E-state index contributed by atoms with van der Waals surface area (Å²) in [6, 6.07) is 4.87. The largest absolute Gasteiger partial charge is 0.491 e. The summed E-state index contributed by atoms with van der Waals surface area (Å²) >= 11 is 3.23. The van der Waals surface area contributed by atoms with Crippen LogP contribution in [0.4, 0.5) is 13.2 Å². The van der Waals surface area contributed by atoms with Gasteiger partial charge in [0.2, 0.25) is 0 Å². The molecule has 7 heteroatoms. The zero-order valence-corrected chi connectivity index (χ0v) is 12.1. The zero-order valence-electron chi connectivity index (χ0n) is 10.5. The molecule has 0 radical (unpaired) electrons. The van der Waals surface area contributed by atoms with E-state index in [1.165, 1.54) is 0 Å². The van der Waals surface area contributed by atoms with Gasteiger partial charge in [0.25, 0.3) is 5.91 Å². The van der Waals surface area contributed by atoms with Crippen molar-refractivity contribution < 1.29 is 22.7 Å². The molecule has 0 fully saturated rings. The zero-order chi connectivity index (χ0) is 14.8. The smallest absolute Gasteiger partial charge is 0.389 e. The molecular weight excluding hydrogens is 339 g/mol. The molecule has 0 spiro atoms. The lowest BCUT2D eigenvalue weighted by atomic mass is 10.0. The van der Waals surface area contributed by atoms with Gasteiger partial charge in [-0.3, -0.25) is 4.79 Å². The molecule has 0 aromatic heterocycles. The number of ether oxygens (including phenoxy) is 1. The Morgan fingerprint density at radius 1 is 1.40 bits per heavy atom. The summed E-state index contributed by atoms with van der Waals surface area (Å²) in [6.07, 6.45) is -5.13. The summed E-state index contributed by atoms with van der Waals surface area (Å²) in [4.78, 5) is 11.4. The van der Waals surface area contributed by atoms with E-state index in [9.17, 15) is 18.0 Å². The molecule has 0 saturated heterocycles. The number of nitrogens with one attached hydrogen (secondary N) is 1. The highest BCUT2D eigenvalue weighted by Gasteiger charge is 2.28. The summed E-state index contributed by atoms with van der Waals surface area (Å²) in [5.74, 6) is 0.189. The van der Waals surface area contributed by atoms with Gasteiger partial charge < -0.3 is 10.1 Å². The van der Waals surface area contributed by atoms with Crippen molar-refractivity contribution in [2.75, 3.05) is 13.2 Å². The first-order valence-electron chi connectivity index (χ1n) is 6.12. The quantitative estimate of drug-likeness (QED) is 0.845. The Balaban J connectivity index is 2.15. The van der Waals surface area contributed by atoms with Gasteiger partial charge in [0.1, 0.15) is 12.4 Å². The number of fused-ring (bicyclic) bond motifs is 1. The van der Waals surface area contributed by atoms with Crippen LogP contribution >= 0.6 is 15.9 Å². The number of hydrogen-bond acceptors (Lipinski definition) is 2. The number of amides is 1. The van der Waals surface area contributed by atoms with E-state index in [1.807, 2.05) is 0 Å². The first-order chi connectivity index (χ1) is 9.37. The molecule has 1 aliphatic heterocycles. The maximum Gasteiger partial charge on any atom is 0.389 e. The fourth-order valence-electron chi connectivity index (χ4n) is 1.92. The van der Waals surface area contributed by atoms with Gasteiger partial charge in [-0.05, 0) is 24.1 Å². The standard InChI is InChI=1S/C13H13BrF3NO2/c14-10(3-4-13(15,16)17)8-1-2-11-9(7-8)12(19)18-5-6-20-11/h1-2,7,10H,3-6H2,(H,18,19). The van der Waals surface area contributed by atoms with E-state index in [-0.39, 0.29) is 12.3 Å². The first kappa shape index (κ1) is 15.2. The Kier molecular flexibility index (Phi) is 4.57. The van der Waals surface area contributed by atoms with E-state index in [1.54, 1.807) is 18.2 Å². The summed E-state index contributed by atoms with van der Waals surface area (Å²) < 4.78 is 42.0. The first-order valence-corrected chi connectivity index (χ1v) is 7.04. The minimum absolute atomic E-state index is 0.0786. The van der Waals surface area contributed by atoms with Crippen LogP contribution < -0.4 is 10.1 Å². The summed E-state index contributed by atoms with van der Waals surface area (Å²) in [5.41, 5.74) is 0.991. The van der Waals surface area contributed by atoms with E-state index >= 15 is 0 Å². The van der Waals surface area contributed by atoms with Crippen molar-refractivity contribution >= 4 is 21.8 Å². The van der Waals surface area contributed by atoms with Crippen LogP contribution in [0, 0.1) is 0 Å². The highest BCUT2D eigenvalue weighted by atomic mass is 79.9. The third-order valence-corrected chi connectivity index (χ3v) is 3.92. The van der Waals surface area contributed by atoms with Gasteiger partial charge in [-0.1, -0.05) is 22.0 Å². The van der Waals surface area contributed by atoms with Crippen LogP contribution in [0.25, 0.3) is 0 Å². The second-order valence-electron chi connectivity index (χ2n) is 4.48. The Bertz CT molecular complexity index is 505. The van der Waals surface area contributed by atoms with Crippen molar-refractivity contribution in [2.45, 2.75) is 23.8 Å². The predicted molar refractivity (Wildman–Crippen MR) is 71.2 cm³/mol. The number of benzene rings is 1. The highest BCUT2D eigenvalue weighted by molar-refractivity contribution is 9.09. The lowest BCUT2D eigenvalue weighted by Gasteiger charge is -2.14. The normalized spacial score (nSPS) is 16.7. The Hall–Kier alpha value is -1.24.